The number of anilines is 1. The standard InChI is InChI=1S/C34H47NO2SSi/c1-24(2)39(25(3)4,26(5)6)38-23-22-27-10-12-28(13-11-27)29-14-16-30(17-15-29)31-18-20-32(21-19-31)35-33(36)37-34(7,8)9/h10-21,24-26H,22-23H2,1-9H3,(H,35,36). The van der Waals surface area contributed by atoms with Gasteiger partial charge < -0.3 is 4.74 Å². The Morgan fingerprint density at radius 3 is 1.49 bits per heavy atom. The van der Waals surface area contributed by atoms with Crippen LogP contribution in [0, 0.1) is 0 Å². The van der Waals surface area contributed by atoms with Gasteiger partial charge in [-0.05, 0) is 89.5 Å². The minimum atomic E-state index is -1.41. The molecule has 0 aromatic heterocycles. The largest absolute Gasteiger partial charge is 0.444 e. The summed E-state index contributed by atoms with van der Waals surface area (Å²) in [5, 5.41) is 2.79. The summed E-state index contributed by atoms with van der Waals surface area (Å²) in [6.45, 7) is 20.2. The number of hydrogen-bond donors (Lipinski definition) is 1. The highest BCUT2D eigenvalue weighted by atomic mass is 32.4. The zero-order valence-corrected chi connectivity index (χ0v) is 27.1. The molecular formula is C34H47NO2SSi. The molecule has 5 heteroatoms. The summed E-state index contributed by atoms with van der Waals surface area (Å²) in [5.74, 6) is 1.21. The number of aryl methyl sites for hydroxylation is 1. The fourth-order valence-electron chi connectivity index (χ4n) is 5.73. The van der Waals surface area contributed by atoms with Gasteiger partial charge in [-0.3, -0.25) is 5.32 Å². The molecule has 39 heavy (non-hydrogen) atoms. The van der Waals surface area contributed by atoms with E-state index in [0.717, 1.165) is 34.2 Å². The second-order valence-corrected chi connectivity index (χ2v) is 21.3. The highest BCUT2D eigenvalue weighted by molar-refractivity contribution is 8.29. The van der Waals surface area contributed by atoms with Gasteiger partial charge in [0.05, 0.1) is 0 Å². The number of benzene rings is 3. The molecule has 0 heterocycles. The highest BCUT2D eigenvalue weighted by Gasteiger charge is 2.43. The van der Waals surface area contributed by atoms with E-state index in [-0.39, 0.29) is 0 Å². The van der Waals surface area contributed by atoms with Gasteiger partial charge >= 0.3 is 6.09 Å². The molecule has 0 aliphatic carbocycles. The topological polar surface area (TPSA) is 38.3 Å². The lowest BCUT2D eigenvalue weighted by molar-refractivity contribution is 0.0636. The summed E-state index contributed by atoms with van der Waals surface area (Å²) in [7, 11) is -1.41. The molecule has 3 nitrogen and oxygen atoms in total. The average Bonchev–Trinajstić information content (AvgIpc) is 2.86. The Kier molecular flexibility index (Phi) is 10.5. The van der Waals surface area contributed by atoms with Crippen molar-refractivity contribution in [2.75, 3.05) is 11.1 Å². The van der Waals surface area contributed by atoms with E-state index >= 15 is 0 Å². The van der Waals surface area contributed by atoms with Crippen LogP contribution < -0.4 is 5.32 Å². The van der Waals surface area contributed by atoms with Crippen LogP contribution in [0.2, 0.25) is 16.6 Å². The van der Waals surface area contributed by atoms with Crippen LogP contribution in [-0.2, 0) is 11.2 Å². The van der Waals surface area contributed by atoms with Crippen LogP contribution in [-0.4, -0.2) is 24.7 Å². The quantitative estimate of drug-likeness (QED) is 0.250. The third kappa shape index (κ3) is 8.25. The Morgan fingerprint density at radius 2 is 1.10 bits per heavy atom. The third-order valence-corrected chi connectivity index (χ3v) is 20.2. The highest BCUT2D eigenvalue weighted by Crippen LogP contribution is 2.49. The van der Waals surface area contributed by atoms with Crippen molar-refractivity contribution in [1.29, 1.82) is 0 Å². The van der Waals surface area contributed by atoms with Crippen LogP contribution in [0.5, 0.6) is 0 Å². The fourth-order valence-corrected chi connectivity index (χ4v) is 15.8. The van der Waals surface area contributed by atoms with Crippen molar-refractivity contribution in [3.05, 3.63) is 78.4 Å². The zero-order chi connectivity index (χ0) is 28.8. The number of hydrogen-bond acceptors (Lipinski definition) is 3. The zero-order valence-electron chi connectivity index (χ0n) is 25.3. The van der Waals surface area contributed by atoms with E-state index in [2.05, 4.69) is 107 Å². The van der Waals surface area contributed by atoms with Crippen LogP contribution in [0.3, 0.4) is 0 Å². The van der Waals surface area contributed by atoms with Crippen molar-refractivity contribution in [2.45, 2.75) is 91.0 Å². The summed E-state index contributed by atoms with van der Waals surface area (Å²) in [4.78, 5) is 12.0. The maximum atomic E-state index is 12.0. The summed E-state index contributed by atoms with van der Waals surface area (Å²) < 4.78 is 5.33. The van der Waals surface area contributed by atoms with Gasteiger partial charge in [-0.15, -0.1) is 0 Å². The van der Waals surface area contributed by atoms with Gasteiger partial charge in [-0.25, -0.2) is 4.79 Å². The van der Waals surface area contributed by atoms with Crippen molar-refractivity contribution in [2.24, 2.45) is 0 Å². The third-order valence-electron chi connectivity index (χ3n) is 7.49. The Labute approximate surface area is 241 Å². The molecule has 0 radical (unpaired) electrons. The molecule has 0 fully saturated rings. The molecular weight excluding hydrogens is 515 g/mol. The maximum absolute atomic E-state index is 12.0. The summed E-state index contributed by atoms with van der Waals surface area (Å²) in [5.41, 5.74) is 8.69. The first-order valence-corrected chi connectivity index (χ1v) is 18.2. The monoisotopic (exact) mass is 561 g/mol. The van der Waals surface area contributed by atoms with Gasteiger partial charge in [0.25, 0.3) is 0 Å². The molecule has 0 aliphatic heterocycles. The first-order valence-electron chi connectivity index (χ1n) is 14.3. The lowest BCUT2D eigenvalue weighted by Crippen LogP contribution is -2.41. The smallest absolute Gasteiger partial charge is 0.412 e. The molecule has 1 N–H and O–H groups in total. The van der Waals surface area contributed by atoms with E-state index in [9.17, 15) is 4.79 Å². The molecule has 0 atom stereocenters. The Hall–Kier alpha value is -2.50. The van der Waals surface area contributed by atoms with E-state index in [1.54, 1.807) is 0 Å². The van der Waals surface area contributed by atoms with Crippen LogP contribution in [0.4, 0.5) is 10.5 Å². The van der Waals surface area contributed by atoms with Crippen LogP contribution in [0.25, 0.3) is 22.3 Å². The Balaban J connectivity index is 1.60. The molecule has 210 valence electrons. The van der Waals surface area contributed by atoms with Crippen molar-refractivity contribution >= 4 is 30.2 Å². The average molecular weight is 562 g/mol. The normalized spacial score (nSPS) is 12.3. The van der Waals surface area contributed by atoms with Gasteiger partial charge in [0, 0.05) is 5.69 Å². The Morgan fingerprint density at radius 1 is 0.718 bits per heavy atom. The van der Waals surface area contributed by atoms with Crippen LogP contribution >= 0.6 is 11.2 Å². The fraction of sp³-hybridized carbons (Fsp3) is 0.441. The van der Waals surface area contributed by atoms with Crippen LogP contribution in [0.15, 0.2) is 72.8 Å². The molecule has 3 aromatic rings. The SMILES string of the molecule is CC(C)[Si](SCCc1ccc(-c2ccc(-c3ccc(NC(=O)OC(C)(C)C)cc3)cc2)cc1)(C(C)C)C(C)C. The molecule has 0 spiro atoms. The number of amides is 1. The number of carbonyl (C=O) groups excluding carboxylic acids is 1. The minimum Gasteiger partial charge on any atom is -0.444 e. The molecule has 3 aromatic carbocycles. The van der Waals surface area contributed by atoms with E-state index < -0.39 is 18.9 Å². The number of nitrogens with one attached hydrogen (secondary N) is 1. The van der Waals surface area contributed by atoms with E-state index in [1.807, 2.05) is 45.0 Å². The molecule has 0 saturated heterocycles. The predicted molar refractivity (Wildman–Crippen MR) is 174 cm³/mol. The summed E-state index contributed by atoms with van der Waals surface area (Å²) in [6, 6.07) is 25.6. The lowest BCUT2D eigenvalue weighted by atomic mass is 9.99. The van der Waals surface area contributed by atoms with Crippen molar-refractivity contribution in [1.82, 2.24) is 0 Å². The molecule has 3 rings (SSSR count). The van der Waals surface area contributed by atoms with Crippen molar-refractivity contribution in [3.63, 3.8) is 0 Å². The molecule has 0 saturated carbocycles. The van der Waals surface area contributed by atoms with Gasteiger partial charge in [-0.2, -0.15) is 11.2 Å². The van der Waals surface area contributed by atoms with E-state index in [0.29, 0.717) is 5.69 Å². The van der Waals surface area contributed by atoms with Gasteiger partial charge in [0.2, 0.25) is 0 Å². The lowest BCUT2D eigenvalue weighted by Gasteiger charge is -2.42. The second kappa shape index (κ2) is 13.2. The van der Waals surface area contributed by atoms with Gasteiger partial charge in [0.15, 0.2) is 0 Å². The van der Waals surface area contributed by atoms with Gasteiger partial charge in [-0.1, -0.05) is 102 Å². The Bertz CT molecular complexity index is 1170. The van der Waals surface area contributed by atoms with E-state index in [4.69, 9.17) is 4.74 Å². The second-order valence-electron chi connectivity index (χ2n) is 12.4. The molecule has 0 unspecified atom stereocenters. The van der Waals surface area contributed by atoms with Crippen molar-refractivity contribution < 1.29 is 9.53 Å². The molecule has 1 amide bonds. The number of carbonyl (C=O) groups is 1. The predicted octanol–water partition coefficient (Wildman–Crippen LogP) is 10.8. The molecule has 0 aliphatic rings. The maximum Gasteiger partial charge on any atom is 0.412 e. The van der Waals surface area contributed by atoms with Crippen LogP contribution in [0.1, 0.15) is 67.9 Å². The number of ether oxygens (including phenoxy) is 1. The van der Waals surface area contributed by atoms with E-state index in [1.165, 1.54) is 22.4 Å². The van der Waals surface area contributed by atoms with Crippen molar-refractivity contribution in [3.8, 4) is 22.3 Å². The van der Waals surface area contributed by atoms with Gasteiger partial charge in [0.1, 0.15) is 12.8 Å². The first kappa shape index (κ1) is 31.0. The first-order chi connectivity index (χ1) is 18.3. The summed E-state index contributed by atoms with van der Waals surface area (Å²) in [6.07, 6.45) is 0.685. The summed E-state index contributed by atoms with van der Waals surface area (Å²) >= 11 is 2.31. The minimum absolute atomic E-state index is 0.444. The molecule has 0 bridgehead atoms. The number of rotatable bonds is 10.